The average molecular weight is 227 g/mol. The lowest BCUT2D eigenvalue weighted by Crippen LogP contribution is -2.59. The highest BCUT2D eigenvalue weighted by Crippen LogP contribution is 2.22. The molecule has 2 atom stereocenters. The van der Waals surface area contributed by atoms with Gasteiger partial charge in [-0.2, -0.15) is 0 Å². The normalized spacial score (nSPS) is 26.3. The van der Waals surface area contributed by atoms with Crippen LogP contribution in [0.25, 0.3) is 0 Å². The number of primary amides is 1. The Morgan fingerprint density at radius 3 is 2.75 bits per heavy atom. The van der Waals surface area contributed by atoms with Crippen LogP contribution in [0.5, 0.6) is 0 Å². The summed E-state index contributed by atoms with van der Waals surface area (Å²) in [6.07, 6.45) is 6.09. The first-order chi connectivity index (χ1) is 7.47. The van der Waals surface area contributed by atoms with Crippen LogP contribution in [-0.4, -0.2) is 35.5 Å². The molecule has 1 fully saturated rings. The van der Waals surface area contributed by atoms with Gasteiger partial charge in [0.2, 0.25) is 5.91 Å². The highest BCUT2D eigenvalue weighted by molar-refractivity contribution is 5.84. The number of nitrogens with zero attached hydrogens (tertiary/aromatic N) is 1. The maximum Gasteiger partial charge on any atom is 0.238 e. The number of carbonyl (C=O) groups excluding carboxylic acids is 1. The Morgan fingerprint density at radius 1 is 1.50 bits per heavy atom. The fraction of sp³-hybridized carbons (Fsp3) is 0.917. The van der Waals surface area contributed by atoms with Crippen LogP contribution in [0.2, 0.25) is 0 Å². The fourth-order valence-electron chi connectivity index (χ4n) is 2.43. The Hall–Kier alpha value is -0.610. The molecular weight excluding hydrogens is 202 g/mol. The van der Waals surface area contributed by atoms with Crippen molar-refractivity contribution in [3.05, 3.63) is 0 Å². The predicted molar refractivity (Wildman–Crippen MR) is 65.9 cm³/mol. The molecule has 1 aliphatic rings. The number of likely N-dealkylation sites (tertiary alicyclic amines) is 1. The van der Waals surface area contributed by atoms with Crippen molar-refractivity contribution < 1.29 is 4.79 Å². The molecule has 0 aromatic carbocycles. The van der Waals surface area contributed by atoms with E-state index in [1.165, 1.54) is 32.1 Å². The lowest BCUT2D eigenvalue weighted by atomic mass is 9.94. The average Bonchev–Trinajstić information content (AvgIpc) is 2.20. The molecule has 1 amide bonds. The van der Waals surface area contributed by atoms with Crippen molar-refractivity contribution in [1.82, 2.24) is 4.90 Å². The van der Waals surface area contributed by atoms with Crippen molar-refractivity contribution in [2.24, 2.45) is 11.5 Å². The van der Waals surface area contributed by atoms with E-state index in [2.05, 4.69) is 11.8 Å². The SMILES string of the molecule is CCCC1CCCCN1CC(C)(N)C(N)=O. The van der Waals surface area contributed by atoms with Crippen LogP contribution in [0.4, 0.5) is 0 Å². The molecule has 4 heteroatoms. The lowest BCUT2D eigenvalue weighted by Gasteiger charge is -2.39. The van der Waals surface area contributed by atoms with Crippen molar-refractivity contribution in [1.29, 1.82) is 0 Å². The summed E-state index contributed by atoms with van der Waals surface area (Å²) < 4.78 is 0. The topological polar surface area (TPSA) is 72.3 Å². The van der Waals surface area contributed by atoms with Gasteiger partial charge in [-0.05, 0) is 32.7 Å². The fourth-order valence-corrected chi connectivity index (χ4v) is 2.43. The Kier molecular flexibility index (Phi) is 4.74. The second-order valence-electron chi connectivity index (χ2n) is 5.19. The number of hydrogen-bond donors (Lipinski definition) is 2. The van der Waals surface area contributed by atoms with Gasteiger partial charge in [-0.25, -0.2) is 0 Å². The Balaban J connectivity index is 2.58. The van der Waals surface area contributed by atoms with E-state index in [1.54, 1.807) is 6.92 Å². The van der Waals surface area contributed by atoms with Crippen molar-refractivity contribution in [2.75, 3.05) is 13.1 Å². The summed E-state index contributed by atoms with van der Waals surface area (Å²) in [6.45, 7) is 5.56. The summed E-state index contributed by atoms with van der Waals surface area (Å²) in [4.78, 5) is 13.6. The van der Waals surface area contributed by atoms with Crippen LogP contribution in [0.3, 0.4) is 0 Å². The van der Waals surface area contributed by atoms with Crippen LogP contribution in [-0.2, 0) is 4.79 Å². The van der Waals surface area contributed by atoms with Gasteiger partial charge in [0.05, 0.1) is 0 Å². The van der Waals surface area contributed by atoms with Crippen molar-refractivity contribution in [3.8, 4) is 0 Å². The van der Waals surface area contributed by atoms with E-state index in [4.69, 9.17) is 11.5 Å². The van der Waals surface area contributed by atoms with Gasteiger partial charge in [-0.1, -0.05) is 19.8 Å². The summed E-state index contributed by atoms with van der Waals surface area (Å²) in [7, 11) is 0. The smallest absolute Gasteiger partial charge is 0.238 e. The lowest BCUT2D eigenvalue weighted by molar-refractivity contribution is -0.123. The van der Waals surface area contributed by atoms with Gasteiger partial charge in [-0.3, -0.25) is 9.69 Å². The zero-order chi connectivity index (χ0) is 12.2. The van der Waals surface area contributed by atoms with Crippen molar-refractivity contribution >= 4 is 5.91 Å². The van der Waals surface area contributed by atoms with Crippen LogP contribution < -0.4 is 11.5 Å². The number of nitrogens with two attached hydrogens (primary N) is 2. The minimum absolute atomic E-state index is 0.409. The molecule has 1 aliphatic heterocycles. The molecule has 0 spiro atoms. The molecule has 0 aliphatic carbocycles. The molecule has 4 nitrogen and oxygen atoms in total. The highest BCUT2D eigenvalue weighted by atomic mass is 16.1. The van der Waals surface area contributed by atoms with Gasteiger partial charge in [0.1, 0.15) is 5.54 Å². The number of amides is 1. The summed E-state index contributed by atoms with van der Waals surface area (Å²) in [5, 5.41) is 0. The van der Waals surface area contributed by atoms with E-state index in [9.17, 15) is 4.79 Å². The standard InChI is InChI=1S/C12H25N3O/c1-3-6-10-7-4-5-8-15(10)9-12(2,14)11(13)16/h10H,3-9,14H2,1-2H3,(H2,13,16). The summed E-state index contributed by atoms with van der Waals surface area (Å²) in [5.41, 5.74) is 10.3. The monoisotopic (exact) mass is 227 g/mol. The van der Waals surface area contributed by atoms with Gasteiger partial charge in [0.15, 0.2) is 0 Å². The molecule has 1 saturated heterocycles. The van der Waals surface area contributed by atoms with Gasteiger partial charge >= 0.3 is 0 Å². The van der Waals surface area contributed by atoms with Crippen LogP contribution in [0.15, 0.2) is 0 Å². The number of carbonyl (C=O) groups is 1. The zero-order valence-electron chi connectivity index (χ0n) is 10.5. The largest absolute Gasteiger partial charge is 0.368 e. The first-order valence-electron chi connectivity index (χ1n) is 6.30. The summed E-state index contributed by atoms with van der Waals surface area (Å²) in [6, 6.07) is 0.584. The van der Waals surface area contributed by atoms with E-state index < -0.39 is 11.4 Å². The first kappa shape index (κ1) is 13.5. The summed E-state index contributed by atoms with van der Waals surface area (Å²) in [5.74, 6) is -0.409. The molecule has 1 heterocycles. The molecule has 0 aromatic rings. The first-order valence-corrected chi connectivity index (χ1v) is 6.30. The molecule has 2 unspecified atom stereocenters. The third kappa shape index (κ3) is 3.46. The van der Waals surface area contributed by atoms with Crippen molar-refractivity contribution in [3.63, 3.8) is 0 Å². The molecule has 16 heavy (non-hydrogen) atoms. The van der Waals surface area contributed by atoms with Gasteiger partial charge in [0.25, 0.3) is 0 Å². The second-order valence-corrected chi connectivity index (χ2v) is 5.19. The molecule has 0 aromatic heterocycles. The number of piperidine rings is 1. The maximum absolute atomic E-state index is 11.2. The van der Waals surface area contributed by atoms with E-state index in [1.807, 2.05) is 0 Å². The Bertz CT molecular complexity index is 238. The minimum atomic E-state index is -0.899. The number of rotatable bonds is 5. The second kappa shape index (κ2) is 5.64. The molecule has 1 rings (SSSR count). The van der Waals surface area contributed by atoms with E-state index in [0.717, 1.165) is 6.54 Å². The van der Waals surface area contributed by atoms with Crippen LogP contribution >= 0.6 is 0 Å². The Morgan fingerprint density at radius 2 is 2.19 bits per heavy atom. The molecule has 4 N–H and O–H groups in total. The van der Waals surface area contributed by atoms with E-state index >= 15 is 0 Å². The molecule has 94 valence electrons. The minimum Gasteiger partial charge on any atom is -0.368 e. The van der Waals surface area contributed by atoms with Crippen LogP contribution in [0, 0.1) is 0 Å². The summed E-state index contributed by atoms with van der Waals surface area (Å²) >= 11 is 0. The van der Waals surface area contributed by atoms with Gasteiger partial charge < -0.3 is 11.5 Å². The van der Waals surface area contributed by atoms with Crippen LogP contribution in [0.1, 0.15) is 46.0 Å². The zero-order valence-corrected chi connectivity index (χ0v) is 10.5. The van der Waals surface area contributed by atoms with Gasteiger partial charge in [0, 0.05) is 12.6 Å². The Labute approximate surface area is 98.3 Å². The third-order valence-corrected chi connectivity index (χ3v) is 3.47. The van der Waals surface area contributed by atoms with E-state index in [-0.39, 0.29) is 0 Å². The third-order valence-electron chi connectivity index (χ3n) is 3.47. The highest BCUT2D eigenvalue weighted by Gasteiger charge is 2.32. The van der Waals surface area contributed by atoms with E-state index in [0.29, 0.717) is 12.6 Å². The molecule has 0 saturated carbocycles. The molecule has 0 radical (unpaired) electrons. The van der Waals surface area contributed by atoms with Gasteiger partial charge in [-0.15, -0.1) is 0 Å². The van der Waals surface area contributed by atoms with Crippen molar-refractivity contribution in [2.45, 2.75) is 57.5 Å². The quantitative estimate of drug-likeness (QED) is 0.731. The molecular formula is C12H25N3O. The number of hydrogen-bond acceptors (Lipinski definition) is 3. The molecule has 0 bridgehead atoms. The maximum atomic E-state index is 11.2. The predicted octanol–water partition coefficient (Wildman–Crippen LogP) is 0.844.